The zero-order chi connectivity index (χ0) is 18.8. The minimum atomic E-state index is -0.601. The summed E-state index contributed by atoms with van der Waals surface area (Å²) in [5.74, 6) is -0.527. The van der Waals surface area contributed by atoms with E-state index in [1.807, 2.05) is 18.7 Å². The van der Waals surface area contributed by atoms with E-state index in [0.717, 1.165) is 32.4 Å². The van der Waals surface area contributed by atoms with Crippen molar-refractivity contribution in [3.63, 3.8) is 0 Å². The lowest BCUT2D eigenvalue weighted by Crippen LogP contribution is -2.55. The number of primary amides is 1. The molecule has 2 N–H and O–H groups in total. The summed E-state index contributed by atoms with van der Waals surface area (Å²) in [6.45, 7) is 10.1. The van der Waals surface area contributed by atoms with E-state index in [1.54, 1.807) is 11.9 Å². The summed E-state index contributed by atoms with van der Waals surface area (Å²) in [4.78, 5) is 41.3. The minimum absolute atomic E-state index is 0.0173. The standard InChI is InChI=1S/C18H30N4O3/c1-5-14(23)22-11-8-18(12-22)6-9-21(10-7-18)17(25)20(4)15(13(2)3)16(19)24/h5,13,15H,1,6-12H2,2-4H3,(H2,19,24)/t15-/m0/s1. The summed E-state index contributed by atoms with van der Waals surface area (Å²) in [7, 11) is 1.64. The van der Waals surface area contributed by atoms with Crippen molar-refractivity contribution in [2.24, 2.45) is 17.1 Å². The Hall–Kier alpha value is -2.05. The Kier molecular flexibility index (Phi) is 5.75. The number of piperidine rings is 1. The molecule has 2 fully saturated rings. The Morgan fingerprint density at radius 1 is 1.12 bits per heavy atom. The van der Waals surface area contributed by atoms with Crippen molar-refractivity contribution < 1.29 is 14.4 Å². The Balaban J connectivity index is 1.95. The first-order valence-electron chi connectivity index (χ1n) is 8.93. The van der Waals surface area contributed by atoms with Gasteiger partial charge in [0, 0.05) is 33.2 Å². The van der Waals surface area contributed by atoms with E-state index in [9.17, 15) is 14.4 Å². The molecular formula is C18H30N4O3. The number of hydrogen-bond donors (Lipinski definition) is 1. The van der Waals surface area contributed by atoms with Gasteiger partial charge in [0.1, 0.15) is 6.04 Å². The van der Waals surface area contributed by atoms with Gasteiger partial charge in [0.05, 0.1) is 0 Å². The second-order valence-electron chi connectivity index (χ2n) is 7.69. The normalized spacial score (nSPS) is 20.6. The summed E-state index contributed by atoms with van der Waals surface area (Å²) in [6, 6.07) is -0.750. The van der Waals surface area contributed by atoms with Gasteiger partial charge in [-0.1, -0.05) is 20.4 Å². The van der Waals surface area contributed by atoms with Gasteiger partial charge in [0.2, 0.25) is 11.8 Å². The molecular weight excluding hydrogens is 320 g/mol. The number of carbonyl (C=O) groups excluding carboxylic acids is 3. The molecule has 0 saturated carbocycles. The van der Waals surface area contributed by atoms with Crippen molar-refractivity contribution in [2.45, 2.75) is 39.2 Å². The Morgan fingerprint density at radius 2 is 1.64 bits per heavy atom. The van der Waals surface area contributed by atoms with Crippen LogP contribution in [-0.2, 0) is 9.59 Å². The molecule has 0 unspecified atom stereocenters. The van der Waals surface area contributed by atoms with Gasteiger partial charge in [0.15, 0.2) is 0 Å². The molecule has 1 spiro atoms. The first kappa shape index (κ1) is 19.3. The van der Waals surface area contributed by atoms with Crippen LogP contribution in [0.3, 0.4) is 0 Å². The topological polar surface area (TPSA) is 87.0 Å². The second kappa shape index (κ2) is 7.45. The van der Waals surface area contributed by atoms with Crippen LogP contribution >= 0.6 is 0 Å². The number of nitrogens with zero attached hydrogens (tertiary/aromatic N) is 3. The van der Waals surface area contributed by atoms with E-state index in [4.69, 9.17) is 5.73 Å². The fourth-order valence-corrected chi connectivity index (χ4v) is 4.14. The molecule has 0 bridgehead atoms. The molecule has 2 aliphatic rings. The molecule has 2 heterocycles. The van der Waals surface area contributed by atoms with Gasteiger partial charge in [-0.2, -0.15) is 0 Å². The minimum Gasteiger partial charge on any atom is -0.368 e. The third-order valence-corrected chi connectivity index (χ3v) is 5.66. The molecule has 140 valence electrons. The van der Waals surface area contributed by atoms with Crippen molar-refractivity contribution in [2.75, 3.05) is 33.2 Å². The molecule has 0 aromatic carbocycles. The van der Waals surface area contributed by atoms with E-state index in [0.29, 0.717) is 13.1 Å². The molecule has 4 amide bonds. The largest absolute Gasteiger partial charge is 0.368 e. The lowest BCUT2D eigenvalue weighted by Gasteiger charge is -2.41. The highest BCUT2D eigenvalue weighted by Crippen LogP contribution is 2.40. The summed E-state index contributed by atoms with van der Waals surface area (Å²) in [6.07, 6.45) is 4.08. The first-order valence-corrected chi connectivity index (χ1v) is 8.93. The van der Waals surface area contributed by atoms with Crippen LogP contribution in [0.5, 0.6) is 0 Å². The number of rotatable bonds is 4. The molecule has 7 nitrogen and oxygen atoms in total. The van der Waals surface area contributed by atoms with Gasteiger partial charge in [-0.15, -0.1) is 0 Å². The van der Waals surface area contributed by atoms with Gasteiger partial charge in [0.25, 0.3) is 0 Å². The molecule has 7 heteroatoms. The lowest BCUT2D eigenvalue weighted by atomic mass is 9.78. The molecule has 2 saturated heterocycles. The molecule has 2 rings (SSSR count). The van der Waals surface area contributed by atoms with Crippen LogP contribution in [0.1, 0.15) is 33.1 Å². The molecule has 1 atom stereocenters. The predicted molar refractivity (Wildman–Crippen MR) is 95.6 cm³/mol. The molecule has 2 aliphatic heterocycles. The van der Waals surface area contributed by atoms with E-state index in [2.05, 4.69) is 6.58 Å². The van der Waals surface area contributed by atoms with Crippen LogP contribution in [0.2, 0.25) is 0 Å². The number of nitrogens with two attached hydrogens (primary N) is 1. The highest BCUT2D eigenvalue weighted by atomic mass is 16.2. The van der Waals surface area contributed by atoms with E-state index in [1.165, 1.54) is 11.0 Å². The lowest BCUT2D eigenvalue weighted by molar-refractivity contribution is -0.125. The van der Waals surface area contributed by atoms with Gasteiger partial charge in [-0.25, -0.2) is 4.79 Å². The van der Waals surface area contributed by atoms with Crippen molar-refractivity contribution in [1.29, 1.82) is 0 Å². The van der Waals surface area contributed by atoms with Gasteiger partial charge >= 0.3 is 6.03 Å². The Labute approximate surface area is 149 Å². The maximum absolute atomic E-state index is 12.7. The molecule has 0 aromatic heterocycles. The highest BCUT2D eigenvalue weighted by Gasteiger charge is 2.43. The van der Waals surface area contributed by atoms with E-state index >= 15 is 0 Å². The molecule has 0 aliphatic carbocycles. The van der Waals surface area contributed by atoms with Crippen molar-refractivity contribution in [3.05, 3.63) is 12.7 Å². The summed E-state index contributed by atoms with van der Waals surface area (Å²) < 4.78 is 0. The van der Waals surface area contributed by atoms with Crippen molar-refractivity contribution in [1.82, 2.24) is 14.7 Å². The molecule has 25 heavy (non-hydrogen) atoms. The average molecular weight is 350 g/mol. The fraction of sp³-hybridized carbons (Fsp3) is 0.722. The smallest absolute Gasteiger partial charge is 0.320 e. The number of hydrogen-bond acceptors (Lipinski definition) is 3. The van der Waals surface area contributed by atoms with E-state index in [-0.39, 0.29) is 23.3 Å². The fourth-order valence-electron chi connectivity index (χ4n) is 4.14. The number of carbonyl (C=O) groups is 3. The summed E-state index contributed by atoms with van der Waals surface area (Å²) >= 11 is 0. The number of urea groups is 1. The van der Waals surface area contributed by atoms with Crippen LogP contribution < -0.4 is 5.73 Å². The van der Waals surface area contributed by atoms with Crippen molar-refractivity contribution >= 4 is 17.8 Å². The maximum Gasteiger partial charge on any atom is 0.320 e. The molecule has 0 radical (unpaired) electrons. The molecule has 0 aromatic rings. The van der Waals surface area contributed by atoms with Gasteiger partial charge in [-0.05, 0) is 36.7 Å². The van der Waals surface area contributed by atoms with Crippen LogP contribution in [-0.4, -0.2) is 71.8 Å². The number of amides is 4. The van der Waals surface area contributed by atoms with Crippen LogP contribution in [0, 0.1) is 11.3 Å². The Bertz CT molecular complexity index is 553. The quantitative estimate of drug-likeness (QED) is 0.769. The van der Waals surface area contributed by atoms with Crippen LogP contribution in [0.15, 0.2) is 12.7 Å². The monoisotopic (exact) mass is 350 g/mol. The Morgan fingerprint density at radius 3 is 2.08 bits per heavy atom. The van der Waals surface area contributed by atoms with Gasteiger partial charge in [-0.3, -0.25) is 9.59 Å². The predicted octanol–water partition coefficient (Wildman–Crippen LogP) is 1.05. The van der Waals surface area contributed by atoms with Crippen LogP contribution in [0.25, 0.3) is 0 Å². The van der Waals surface area contributed by atoms with Crippen molar-refractivity contribution in [3.8, 4) is 0 Å². The zero-order valence-electron chi connectivity index (χ0n) is 15.5. The van der Waals surface area contributed by atoms with Crippen LogP contribution in [0.4, 0.5) is 4.79 Å². The second-order valence-corrected chi connectivity index (χ2v) is 7.69. The highest BCUT2D eigenvalue weighted by molar-refractivity contribution is 5.87. The van der Waals surface area contributed by atoms with E-state index < -0.39 is 11.9 Å². The maximum atomic E-state index is 12.7. The summed E-state index contributed by atoms with van der Waals surface area (Å²) in [5, 5.41) is 0. The SMILES string of the molecule is C=CC(=O)N1CCC2(CCN(C(=O)N(C)[C@H](C(N)=O)C(C)C)CC2)C1. The first-order chi connectivity index (χ1) is 11.7. The average Bonchev–Trinajstić information content (AvgIpc) is 2.97. The zero-order valence-corrected chi connectivity index (χ0v) is 15.5. The number of likely N-dealkylation sites (tertiary alicyclic amines) is 2. The third kappa shape index (κ3) is 3.96. The third-order valence-electron chi connectivity index (χ3n) is 5.66. The summed E-state index contributed by atoms with van der Waals surface area (Å²) in [5.41, 5.74) is 5.57. The number of likely N-dealkylation sites (N-methyl/N-ethyl adjacent to an activating group) is 1. The van der Waals surface area contributed by atoms with Gasteiger partial charge < -0.3 is 20.4 Å².